The summed E-state index contributed by atoms with van der Waals surface area (Å²) < 4.78 is 24.0. The summed E-state index contributed by atoms with van der Waals surface area (Å²) in [6.07, 6.45) is 3.17. The van der Waals surface area contributed by atoms with E-state index in [0.717, 1.165) is 64.2 Å². The van der Waals surface area contributed by atoms with Crippen LogP contribution in [0.15, 0.2) is 48.5 Å². The second-order valence-corrected chi connectivity index (χ2v) is 8.48. The minimum Gasteiger partial charge on any atom is -0.489 e. The van der Waals surface area contributed by atoms with Crippen molar-refractivity contribution in [3.8, 4) is 5.75 Å². The van der Waals surface area contributed by atoms with E-state index < -0.39 is 0 Å². The van der Waals surface area contributed by atoms with E-state index in [1.54, 1.807) is 12.1 Å². The summed E-state index contributed by atoms with van der Waals surface area (Å²) in [7, 11) is 0. The molecular formula is C25H31FN2O3. The Morgan fingerprint density at radius 1 is 0.935 bits per heavy atom. The second-order valence-electron chi connectivity index (χ2n) is 8.48. The monoisotopic (exact) mass is 426 g/mol. The number of morpholine rings is 1. The zero-order valence-electron chi connectivity index (χ0n) is 18.0. The third-order valence-electron chi connectivity index (χ3n) is 6.20. The van der Waals surface area contributed by atoms with Crippen molar-refractivity contribution in [2.45, 2.75) is 25.9 Å². The molecule has 0 aliphatic carbocycles. The molecule has 0 radical (unpaired) electrons. The van der Waals surface area contributed by atoms with Crippen molar-refractivity contribution in [1.82, 2.24) is 9.80 Å². The number of amides is 1. The molecule has 2 fully saturated rings. The van der Waals surface area contributed by atoms with Crippen LogP contribution >= 0.6 is 0 Å². The molecule has 2 aromatic rings. The predicted molar refractivity (Wildman–Crippen MR) is 117 cm³/mol. The summed E-state index contributed by atoms with van der Waals surface area (Å²) in [5.74, 6) is 1.28. The van der Waals surface area contributed by atoms with Crippen LogP contribution in [0.3, 0.4) is 0 Å². The van der Waals surface area contributed by atoms with Gasteiger partial charge in [-0.05, 0) is 60.6 Å². The molecule has 2 aliphatic rings. The van der Waals surface area contributed by atoms with Crippen LogP contribution in [0.5, 0.6) is 5.75 Å². The molecule has 2 aromatic carbocycles. The van der Waals surface area contributed by atoms with E-state index in [9.17, 15) is 9.18 Å². The molecule has 0 atom stereocenters. The fourth-order valence-electron chi connectivity index (χ4n) is 4.24. The number of rotatable bonds is 7. The summed E-state index contributed by atoms with van der Waals surface area (Å²) in [6, 6.07) is 14.6. The number of ether oxygens (including phenoxy) is 2. The van der Waals surface area contributed by atoms with Gasteiger partial charge >= 0.3 is 0 Å². The Balaban J connectivity index is 1.18. The molecule has 166 valence electrons. The first-order valence-electron chi connectivity index (χ1n) is 11.2. The van der Waals surface area contributed by atoms with E-state index in [-0.39, 0.29) is 11.7 Å². The van der Waals surface area contributed by atoms with Gasteiger partial charge in [0.2, 0.25) is 5.91 Å². The first kappa shape index (κ1) is 21.8. The molecule has 2 heterocycles. The van der Waals surface area contributed by atoms with Crippen LogP contribution in [0.1, 0.15) is 24.0 Å². The number of piperidine rings is 1. The van der Waals surface area contributed by atoms with Gasteiger partial charge in [0.05, 0.1) is 19.8 Å². The van der Waals surface area contributed by atoms with E-state index in [2.05, 4.69) is 29.2 Å². The first-order chi connectivity index (χ1) is 15.2. The van der Waals surface area contributed by atoms with Crippen molar-refractivity contribution < 1.29 is 18.7 Å². The quantitative estimate of drug-likeness (QED) is 0.680. The van der Waals surface area contributed by atoms with Crippen LogP contribution in [-0.4, -0.2) is 61.6 Å². The number of hydrogen-bond donors (Lipinski definition) is 0. The third-order valence-corrected chi connectivity index (χ3v) is 6.20. The molecule has 31 heavy (non-hydrogen) atoms. The lowest BCUT2D eigenvalue weighted by Gasteiger charge is -2.34. The highest BCUT2D eigenvalue weighted by molar-refractivity contribution is 5.78. The maximum absolute atomic E-state index is 13.0. The zero-order valence-corrected chi connectivity index (χ0v) is 18.0. The fourth-order valence-corrected chi connectivity index (χ4v) is 4.24. The van der Waals surface area contributed by atoms with E-state index in [0.29, 0.717) is 24.8 Å². The van der Waals surface area contributed by atoms with Gasteiger partial charge < -0.3 is 14.4 Å². The number of carbonyl (C=O) groups is 1. The van der Waals surface area contributed by atoms with Gasteiger partial charge in [-0.2, -0.15) is 0 Å². The molecule has 2 saturated heterocycles. The molecule has 0 aromatic heterocycles. The summed E-state index contributed by atoms with van der Waals surface area (Å²) in [5.41, 5.74) is 2.42. The molecular weight excluding hydrogens is 395 g/mol. The first-order valence-corrected chi connectivity index (χ1v) is 11.2. The van der Waals surface area contributed by atoms with E-state index in [4.69, 9.17) is 9.47 Å². The molecule has 6 heteroatoms. The van der Waals surface area contributed by atoms with Gasteiger partial charge in [-0.3, -0.25) is 9.69 Å². The Morgan fingerprint density at radius 2 is 1.58 bits per heavy atom. The highest BCUT2D eigenvalue weighted by Crippen LogP contribution is 2.22. The van der Waals surface area contributed by atoms with Gasteiger partial charge in [-0.15, -0.1) is 0 Å². The summed E-state index contributed by atoms with van der Waals surface area (Å²) in [6.45, 7) is 5.87. The maximum atomic E-state index is 13.0. The Morgan fingerprint density at radius 3 is 2.26 bits per heavy atom. The van der Waals surface area contributed by atoms with Crippen molar-refractivity contribution in [2.24, 2.45) is 5.92 Å². The SMILES string of the molecule is O=C(CN1CCOCC1)N1CCC(Cc2ccc(COc3ccc(F)cc3)cc2)CC1. The summed E-state index contributed by atoms with van der Waals surface area (Å²) in [4.78, 5) is 16.8. The standard InChI is InChI=1S/C25H31FN2O3/c26-23-5-7-24(8-6-23)31-19-22-3-1-20(2-4-22)17-21-9-11-28(12-10-21)25(29)18-27-13-15-30-16-14-27/h1-8,21H,9-19H2. The van der Waals surface area contributed by atoms with Crippen LogP contribution in [0.25, 0.3) is 0 Å². The van der Waals surface area contributed by atoms with Crippen LogP contribution in [0, 0.1) is 11.7 Å². The Labute approximate surface area is 183 Å². The Hall–Kier alpha value is -2.44. The molecule has 0 bridgehead atoms. The van der Waals surface area contributed by atoms with Crippen molar-refractivity contribution >= 4 is 5.91 Å². The van der Waals surface area contributed by atoms with Gasteiger partial charge in [0, 0.05) is 26.2 Å². The number of benzene rings is 2. The van der Waals surface area contributed by atoms with E-state index in [1.807, 2.05) is 4.90 Å². The normalized spacial score (nSPS) is 18.2. The fraction of sp³-hybridized carbons (Fsp3) is 0.480. The molecule has 4 rings (SSSR count). The second kappa shape index (κ2) is 10.7. The highest BCUT2D eigenvalue weighted by Gasteiger charge is 2.24. The number of hydrogen-bond acceptors (Lipinski definition) is 4. The number of nitrogens with zero attached hydrogens (tertiary/aromatic N) is 2. The summed E-state index contributed by atoms with van der Waals surface area (Å²) in [5, 5.41) is 0. The molecule has 1 amide bonds. The van der Waals surface area contributed by atoms with Gasteiger partial charge in [0.1, 0.15) is 18.2 Å². The maximum Gasteiger partial charge on any atom is 0.236 e. The number of carbonyl (C=O) groups excluding carboxylic acids is 1. The van der Waals surface area contributed by atoms with Gasteiger partial charge in [-0.25, -0.2) is 4.39 Å². The molecule has 0 unspecified atom stereocenters. The average molecular weight is 427 g/mol. The van der Waals surface area contributed by atoms with Crippen LogP contribution in [0.4, 0.5) is 4.39 Å². The predicted octanol–water partition coefficient (Wildman–Crippen LogP) is 3.52. The average Bonchev–Trinajstić information content (AvgIpc) is 2.81. The zero-order chi connectivity index (χ0) is 21.5. The lowest BCUT2D eigenvalue weighted by molar-refractivity contribution is -0.134. The van der Waals surface area contributed by atoms with Crippen molar-refractivity contribution in [2.75, 3.05) is 45.9 Å². The largest absolute Gasteiger partial charge is 0.489 e. The lowest BCUT2D eigenvalue weighted by Crippen LogP contribution is -2.47. The molecule has 0 saturated carbocycles. The van der Waals surface area contributed by atoms with Gasteiger partial charge in [0.15, 0.2) is 0 Å². The van der Waals surface area contributed by atoms with Gasteiger partial charge in [-0.1, -0.05) is 24.3 Å². The van der Waals surface area contributed by atoms with Gasteiger partial charge in [0.25, 0.3) is 0 Å². The smallest absolute Gasteiger partial charge is 0.236 e. The van der Waals surface area contributed by atoms with E-state index in [1.165, 1.54) is 17.7 Å². The minimum absolute atomic E-state index is 0.255. The highest BCUT2D eigenvalue weighted by atomic mass is 19.1. The molecule has 5 nitrogen and oxygen atoms in total. The molecule has 2 aliphatic heterocycles. The Kier molecular flexibility index (Phi) is 7.54. The lowest BCUT2D eigenvalue weighted by atomic mass is 9.90. The molecule has 0 spiro atoms. The van der Waals surface area contributed by atoms with Crippen molar-refractivity contribution in [3.63, 3.8) is 0 Å². The number of halogens is 1. The van der Waals surface area contributed by atoms with Crippen molar-refractivity contribution in [1.29, 1.82) is 0 Å². The van der Waals surface area contributed by atoms with Crippen molar-refractivity contribution in [3.05, 3.63) is 65.5 Å². The van der Waals surface area contributed by atoms with E-state index >= 15 is 0 Å². The summed E-state index contributed by atoms with van der Waals surface area (Å²) >= 11 is 0. The van der Waals surface area contributed by atoms with Crippen LogP contribution in [-0.2, 0) is 22.6 Å². The third kappa shape index (κ3) is 6.52. The minimum atomic E-state index is -0.260. The number of likely N-dealkylation sites (tertiary alicyclic amines) is 1. The van der Waals surface area contributed by atoms with Crippen LogP contribution in [0.2, 0.25) is 0 Å². The van der Waals surface area contributed by atoms with Crippen LogP contribution < -0.4 is 4.74 Å². The molecule has 0 N–H and O–H groups in total. The Bertz CT molecular complexity index is 827. The topological polar surface area (TPSA) is 42.0 Å².